The smallest absolute Gasteiger partial charge is 0.128 e. The maximum absolute atomic E-state index is 12.9. The molecular formula is C13H20FNO2. The van der Waals surface area contributed by atoms with Crippen LogP contribution < -0.4 is 15.2 Å². The van der Waals surface area contributed by atoms with Gasteiger partial charge in [-0.05, 0) is 30.5 Å². The summed E-state index contributed by atoms with van der Waals surface area (Å²) in [5.74, 6) is 1.49. The highest BCUT2D eigenvalue weighted by Gasteiger charge is 2.15. The minimum atomic E-state index is -0.546. The predicted molar refractivity (Wildman–Crippen MR) is 66.4 cm³/mol. The van der Waals surface area contributed by atoms with Crippen molar-refractivity contribution in [2.24, 2.45) is 5.73 Å². The third kappa shape index (κ3) is 3.09. The van der Waals surface area contributed by atoms with E-state index in [1.807, 2.05) is 0 Å². The molecule has 96 valence electrons. The molecule has 1 rings (SSSR count). The molecule has 1 atom stereocenters. The van der Waals surface area contributed by atoms with E-state index in [2.05, 4.69) is 6.92 Å². The Balaban J connectivity index is 3.18. The third-order valence-electron chi connectivity index (χ3n) is 2.91. The number of ether oxygens (including phenoxy) is 2. The van der Waals surface area contributed by atoms with Gasteiger partial charge in [-0.3, -0.25) is 0 Å². The van der Waals surface area contributed by atoms with Crippen molar-refractivity contribution in [2.75, 3.05) is 20.8 Å². The van der Waals surface area contributed by atoms with Crippen LogP contribution in [0.15, 0.2) is 12.1 Å². The summed E-state index contributed by atoms with van der Waals surface area (Å²) in [6.45, 7) is 2.11. The molecule has 3 nitrogen and oxygen atoms in total. The van der Waals surface area contributed by atoms with E-state index < -0.39 is 6.67 Å². The molecule has 1 aromatic rings. The molecule has 0 aliphatic rings. The molecule has 0 amide bonds. The Bertz CT molecular complexity index is 369. The summed E-state index contributed by atoms with van der Waals surface area (Å²) in [6, 6.07) is 3.54. The zero-order valence-corrected chi connectivity index (χ0v) is 10.6. The molecule has 0 saturated carbocycles. The summed E-state index contributed by atoms with van der Waals surface area (Å²) in [4.78, 5) is 0. The van der Waals surface area contributed by atoms with Crippen molar-refractivity contribution in [3.05, 3.63) is 23.3 Å². The van der Waals surface area contributed by atoms with Gasteiger partial charge in [0, 0.05) is 11.6 Å². The number of rotatable bonds is 6. The van der Waals surface area contributed by atoms with Crippen LogP contribution in [0.2, 0.25) is 0 Å². The van der Waals surface area contributed by atoms with Crippen molar-refractivity contribution >= 4 is 0 Å². The molecule has 0 fully saturated rings. The Morgan fingerprint density at radius 3 is 2.35 bits per heavy atom. The lowest BCUT2D eigenvalue weighted by atomic mass is 9.95. The second-order valence-electron chi connectivity index (χ2n) is 4.02. The Morgan fingerprint density at radius 1 is 1.24 bits per heavy atom. The van der Waals surface area contributed by atoms with Crippen molar-refractivity contribution < 1.29 is 13.9 Å². The van der Waals surface area contributed by atoms with Crippen LogP contribution in [0.1, 0.15) is 30.4 Å². The second kappa shape index (κ2) is 6.45. The van der Waals surface area contributed by atoms with Gasteiger partial charge in [-0.1, -0.05) is 6.92 Å². The molecule has 0 bridgehead atoms. The van der Waals surface area contributed by atoms with Gasteiger partial charge in [0.25, 0.3) is 0 Å². The SMILES string of the molecule is COc1cc(OC)c(C(C)CCN)cc1CF. The number of hydrogen-bond donors (Lipinski definition) is 1. The van der Waals surface area contributed by atoms with Gasteiger partial charge >= 0.3 is 0 Å². The largest absolute Gasteiger partial charge is 0.496 e. The van der Waals surface area contributed by atoms with Crippen LogP contribution in [-0.4, -0.2) is 20.8 Å². The maximum atomic E-state index is 12.9. The summed E-state index contributed by atoms with van der Waals surface area (Å²) in [5.41, 5.74) is 7.07. The molecule has 0 saturated heterocycles. The number of nitrogens with two attached hydrogens (primary N) is 1. The van der Waals surface area contributed by atoms with Gasteiger partial charge in [-0.15, -0.1) is 0 Å². The van der Waals surface area contributed by atoms with Crippen LogP contribution in [0.3, 0.4) is 0 Å². The van der Waals surface area contributed by atoms with E-state index in [-0.39, 0.29) is 5.92 Å². The Morgan fingerprint density at radius 2 is 1.88 bits per heavy atom. The lowest BCUT2D eigenvalue weighted by Gasteiger charge is -2.18. The number of benzene rings is 1. The predicted octanol–water partition coefficient (Wildman–Crippen LogP) is 2.63. The number of methoxy groups -OCH3 is 2. The van der Waals surface area contributed by atoms with Gasteiger partial charge in [0.15, 0.2) is 0 Å². The Hall–Kier alpha value is -1.29. The van der Waals surface area contributed by atoms with Crippen LogP contribution in [0, 0.1) is 0 Å². The van der Waals surface area contributed by atoms with Gasteiger partial charge in [-0.25, -0.2) is 4.39 Å². The van der Waals surface area contributed by atoms with E-state index >= 15 is 0 Å². The maximum Gasteiger partial charge on any atom is 0.128 e. The Kier molecular flexibility index (Phi) is 5.22. The molecule has 1 unspecified atom stereocenters. The van der Waals surface area contributed by atoms with E-state index in [0.717, 1.165) is 17.7 Å². The topological polar surface area (TPSA) is 44.5 Å². The van der Waals surface area contributed by atoms with E-state index in [9.17, 15) is 4.39 Å². The van der Waals surface area contributed by atoms with E-state index in [1.165, 1.54) is 7.11 Å². The molecule has 2 N–H and O–H groups in total. The van der Waals surface area contributed by atoms with E-state index in [1.54, 1.807) is 19.2 Å². The second-order valence-corrected chi connectivity index (χ2v) is 4.02. The highest BCUT2D eigenvalue weighted by molar-refractivity contribution is 5.47. The number of alkyl halides is 1. The van der Waals surface area contributed by atoms with Gasteiger partial charge < -0.3 is 15.2 Å². The minimum absolute atomic E-state index is 0.242. The van der Waals surface area contributed by atoms with Crippen LogP contribution in [0.4, 0.5) is 4.39 Å². The monoisotopic (exact) mass is 241 g/mol. The first-order valence-corrected chi connectivity index (χ1v) is 5.68. The van der Waals surface area contributed by atoms with Gasteiger partial charge in [-0.2, -0.15) is 0 Å². The van der Waals surface area contributed by atoms with Crippen LogP contribution in [-0.2, 0) is 6.67 Å². The molecule has 0 aliphatic carbocycles. The molecule has 0 spiro atoms. The number of halogens is 1. The molecule has 0 heterocycles. The first-order chi connectivity index (χ1) is 8.17. The van der Waals surface area contributed by atoms with E-state index in [0.29, 0.717) is 17.9 Å². The molecular weight excluding hydrogens is 221 g/mol. The van der Waals surface area contributed by atoms with Crippen molar-refractivity contribution in [1.29, 1.82) is 0 Å². The Labute approximate surface area is 102 Å². The first kappa shape index (κ1) is 13.8. The van der Waals surface area contributed by atoms with Gasteiger partial charge in [0.05, 0.1) is 14.2 Å². The summed E-state index contributed by atoms with van der Waals surface area (Å²) >= 11 is 0. The third-order valence-corrected chi connectivity index (χ3v) is 2.91. The van der Waals surface area contributed by atoms with E-state index in [4.69, 9.17) is 15.2 Å². The molecule has 4 heteroatoms. The molecule has 0 aliphatic heterocycles. The normalized spacial score (nSPS) is 12.3. The zero-order chi connectivity index (χ0) is 12.8. The van der Waals surface area contributed by atoms with Gasteiger partial charge in [0.1, 0.15) is 18.2 Å². The fourth-order valence-corrected chi connectivity index (χ4v) is 1.89. The fourth-order valence-electron chi connectivity index (χ4n) is 1.89. The molecule has 0 aromatic heterocycles. The summed E-state index contributed by atoms with van der Waals surface area (Å²) in [7, 11) is 3.12. The van der Waals surface area contributed by atoms with Crippen LogP contribution in [0.5, 0.6) is 11.5 Å². The fraction of sp³-hybridized carbons (Fsp3) is 0.538. The summed E-state index contributed by atoms with van der Waals surface area (Å²) < 4.78 is 23.3. The lowest BCUT2D eigenvalue weighted by Crippen LogP contribution is -2.07. The molecule has 0 radical (unpaired) electrons. The zero-order valence-electron chi connectivity index (χ0n) is 10.6. The minimum Gasteiger partial charge on any atom is -0.496 e. The lowest BCUT2D eigenvalue weighted by molar-refractivity contribution is 0.376. The van der Waals surface area contributed by atoms with Gasteiger partial charge in [0.2, 0.25) is 0 Å². The summed E-state index contributed by atoms with van der Waals surface area (Å²) in [6.07, 6.45) is 0.842. The van der Waals surface area contributed by atoms with Crippen LogP contribution in [0.25, 0.3) is 0 Å². The summed E-state index contributed by atoms with van der Waals surface area (Å²) in [5, 5.41) is 0. The van der Waals surface area contributed by atoms with Crippen molar-refractivity contribution in [1.82, 2.24) is 0 Å². The van der Waals surface area contributed by atoms with Crippen molar-refractivity contribution in [3.8, 4) is 11.5 Å². The van der Waals surface area contributed by atoms with Crippen LogP contribution >= 0.6 is 0 Å². The highest BCUT2D eigenvalue weighted by atomic mass is 19.1. The quantitative estimate of drug-likeness (QED) is 0.832. The average molecular weight is 241 g/mol. The first-order valence-electron chi connectivity index (χ1n) is 5.68. The molecule has 1 aromatic carbocycles. The highest BCUT2D eigenvalue weighted by Crippen LogP contribution is 2.35. The average Bonchev–Trinajstić information content (AvgIpc) is 2.37. The molecule has 17 heavy (non-hydrogen) atoms. The van der Waals surface area contributed by atoms with Crippen molar-refractivity contribution in [3.63, 3.8) is 0 Å². The standard InChI is InChI=1S/C13H20FNO2/c1-9(4-5-15)11-6-10(8-14)12(16-2)7-13(11)17-3/h6-7,9H,4-5,8,15H2,1-3H3. The number of hydrogen-bond acceptors (Lipinski definition) is 3. The van der Waals surface area contributed by atoms with Crippen molar-refractivity contribution in [2.45, 2.75) is 25.9 Å².